The van der Waals surface area contributed by atoms with E-state index in [0.717, 1.165) is 65.3 Å². The minimum absolute atomic E-state index is 0.00546. The highest BCUT2D eigenvalue weighted by Crippen LogP contribution is 2.29. The van der Waals surface area contributed by atoms with Gasteiger partial charge in [0.05, 0.1) is 19.2 Å². The summed E-state index contributed by atoms with van der Waals surface area (Å²) < 4.78 is 11.3. The number of aryl methyl sites for hydroxylation is 1. The van der Waals surface area contributed by atoms with Gasteiger partial charge in [-0.1, -0.05) is 18.2 Å². The minimum Gasteiger partial charge on any atom is -0.497 e. The Kier molecular flexibility index (Phi) is 5.35. The summed E-state index contributed by atoms with van der Waals surface area (Å²) in [7, 11) is 1.66. The number of rotatable bonds is 5. The van der Waals surface area contributed by atoms with Crippen LogP contribution in [0.4, 0.5) is 5.82 Å². The van der Waals surface area contributed by atoms with Crippen molar-refractivity contribution in [2.45, 2.75) is 32.5 Å². The number of benzene rings is 2. The van der Waals surface area contributed by atoms with Gasteiger partial charge in [-0.05, 0) is 42.8 Å². The average molecular weight is 378 g/mol. The van der Waals surface area contributed by atoms with E-state index in [0.29, 0.717) is 0 Å². The summed E-state index contributed by atoms with van der Waals surface area (Å²) in [5.41, 5.74) is 3.04. The Morgan fingerprint density at radius 1 is 1.07 bits per heavy atom. The molecule has 0 amide bonds. The van der Waals surface area contributed by atoms with Crippen molar-refractivity contribution in [1.82, 2.24) is 4.98 Å². The first-order valence-corrected chi connectivity index (χ1v) is 9.73. The van der Waals surface area contributed by atoms with E-state index in [1.165, 1.54) is 0 Å². The molecule has 0 radical (unpaired) electrons. The molecule has 5 nitrogen and oxygen atoms in total. The number of piperidine rings is 1. The zero-order valence-corrected chi connectivity index (χ0v) is 16.4. The number of hydrogen-bond acceptors (Lipinski definition) is 5. The molecule has 2 heterocycles. The van der Waals surface area contributed by atoms with Crippen molar-refractivity contribution >= 4 is 16.7 Å². The zero-order chi connectivity index (χ0) is 19.5. The van der Waals surface area contributed by atoms with Gasteiger partial charge in [-0.15, -0.1) is 0 Å². The van der Waals surface area contributed by atoms with Crippen molar-refractivity contribution in [2.75, 3.05) is 25.1 Å². The highest BCUT2D eigenvalue weighted by molar-refractivity contribution is 5.84. The topological polar surface area (TPSA) is 54.8 Å². The van der Waals surface area contributed by atoms with E-state index in [2.05, 4.69) is 24.0 Å². The van der Waals surface area contributed by atoms with Crippen LogP contribution in [0.1, 0.15) is 24.0 Å². The number of ether oxygens (including phenoxy) is 2. The van der Waals surface area contributed by atoms with E-state index < -0.39 is 0 Å². The number of aliphatic hydroxyl groups excluding tert-OH is 1. The van der Waals surface area contributed by atoms with Crippen LogP contribution in [0.5, 0.6) is 11.5 Å². The average Bonchev–Trinajstić information content (AvgIpc) is 2.74. The molecule has 1 saturated heterocycles. The molecule has 1 aliphatic heterocycles. The van der Waals surface area contributed by atoms with Gasteiger partial charge in [0.1, 0.15) is 23.4 Å². The molecule has 3 aromatic rings. The molecule has 0 saturated carbocycles. The number of methoxy groups -OCH3 is 1. The van der Waals surface area contributed by atoms with Gasteiger partial charge in [-0.2, -0.15) is 0 Å². The van der Waals surface area contributed by atoms with Crippen molar-refractivity contribution in [1.29, 1.82) is 0 Å². The maximum absolute atomic E-state index is 9.87. The summed E-state index contributed by atoms with van der Waals surface area (Å²) in [4.78, 5) is 7.18. The largest absolute Gasteiger partial charge is 0.497 e. The SMILES string of the molecule is COc1ccc(OC2CCN(c3nc4c(C)cccc4cc3CO)CC2)cc1. The van der Waals surface area contributed by atoms with E-state index in [9.17, 15) is 5.11 Å². The molecule has 0 spiro atoms. The van der Waals surface area contributed by atoms with Crippen LogP contribution in [0, 0.1) is 6.92 Å². The van der Waals surface area contributed by atoms with Crippen LogP contribution in [0.2, 0.25) is 0 Å². The molecule has 0 unspecified atom stereocenters. The van der Waals surface area contributed by atoms with Crippen molar-refractivity contribution in [3.8, 4) is 11.5 Å². The molecular weight excluding hydrogens is 352 g/mol. The highest BCUT2D eigenvalue weighted by atomic mass is 16.5. The second-order valence-electron chi connectivity index (χ2n) is 7.26. The first kappa shape index (κ1) is 18.6. The van der Waals surface area contributed by atoms with Crippen molar-refractivity contribution in [3.05, 3.63) is 59.7 Å². The maximum atomic E-state index is 9.87. The first-order valence-electron chi connectivity index (χ1n) is 9.73. The lowest BCUT2D eigenvalue weighted by Gasteiger charge is -2.34. The molecule has 5 heteroatoms. The second kappa shape index (κ2) is 8.07. The summed E-state index contributed by atoms with van der Waals surface area (Å²) in [5.74, 6) is 2.60. The zero-order valence-electron chi connectivity index (χ0n) is 16.4. The summed E-state index contributed by atoms with van der Waals surface area (Å²) in [6.45, 7) is 3.79. The number of nitrogens with zero attached hydrogens (tertiary/aromatic N) is 2. The third-order valence-electron chi connectivity index (χ3n) is 5.38. The number of aromatic nitrogens is 1. The Bertz CT molecular complexity index is 948. The summed E-state index contributed by atoms with van der Waals surface area (Å²) in [6, 6.07) is 15.9. The molecule has 146 valence electrons. The molecule has 1 N–H and O–H groups in total. The molecule has 28 heavy (non-hydrogen) atoms. The minimum atomic E-state index is -0.00546. The van der Waals surface area contributed by atoms with Crippen LogP contribution in [-0.4, -0.2) is 36.4 Å². The normalized spacial score (nSPS) is 15.0. The molecular formula is C23H26N2O3. The number of fused-ring (bicyclic) bond motifs is 1. The van der Waals surface area contributed by atoms with Crippen LogP contribution >= 0.6 is 0 Å². The smallest absolute Gasteiger partial charge is 0.134 e. The van der Waals surface area contributed by atoms with Gasteiger partial charge < -0.3 is 19.5 Å². The Hall–Kier alpha value is -2.79. The molecule has 2 aromatic carbocycles. The quantitative estimate of drug-likeness (QED) is 0.725. The fourth-order valence-corrected chi connectivity index (χ4v) is 3.80. The number of para-hydroxylation sites is 1. The molecule has 0 atom stereocenters. The van der Waals surface area contributed by atoms with E-state index in [4.69, 9.17) is 14.5 Å². The standard InChI is InChI=1S/C23H26N2O3/c1-16-4-3-5-17-14-18(15-26)23(24-22(16)17)25-12-10-21(11-13-25)28-20-8-6-19(27-2)7-9-20/h3-9,14,21,26H,10-13,15H2,1-2H3. The lowest BCUT2D eigenvalue weighted by Crippen LogP contribution is -2.39. The molecule has 1 aromatic heterocycles. The lowest BCUT2D eigenvalue weighted by molar-refractivity contribution is 0.170. The predicted molar refractivity (Wildman–Crippen MR) is 111 cm³/mol. The Labute approximate surface area is 165 Å². The third kappa shape index (κ3) is 3.76. The van der Waals surface area contributed by atoms with Crippen molar-refractivity contribution in [3.63, 3.8) is 0 Å². The lowest BCUT2D eigenvalue weighted by atomic mass is 10.0. The molecule has 1 aliphatic rings. The van der Waals surface area contributed by atoms with Crippen molar-refractivity contribution < 1.29 is 14.6 Å². The molecule has 0 bridgehead atoms. The summed E-state index contributed by atoms with van der Waals surface area (Å²) in [5, 5.41) is 10.9. The summed E-state index contributed by atoms with van der Waals surface area (Å²) in [6.07, 6.45) is 2.03. The third-order valence-corrected chi connectivity index (χ3v) is 5.38. The number of pyridine rings is 1. The van der Waals surface area contributed by atoms with Gasteiger partial charge in [0.25, 0.3) is 0 Å². The van der Waals surface area contributed by atoms with Crippen molar-refractivity contribution in [2.24, 2.45) is 0 Å². The van der Waals surface area contributed by atoms with Crippen LogP contribution in [0.15, 0.2) is 48.5 Å². The molecule has 1 fully saturated rings. The number of aliphatic hydroxyl groups is 1. The van der Waals surface area contributed by atoms with E-state index >= 15 is 0 Å². The van der Waals surface area contributed by atoms with E-state index in [-0.39, 0.29) is 12.7 Å². The Balaban J connectivity index is 1.47. The van der Waals surface area contributed by atoms with Gasteiger partial charge in [-0.3, -0.25) is 0 Å². The molecule has 0 aliphatic carbocycles. The molecule has 4 rings (SSSR count). The van der Waals surface area contributed by atoms with E-state index in [1.807, 2.05) is 36.4 Å². The van der Waals surface area contributed by atoms with Gasteiger partial charge in [0, 0.05) is 36.9 Å². The monoisotopic (exact) mass is 378 g/mol. The second-order valence-corrected chi connectivity index (χ2v) is 7.26. The predicted octanol–water partition coefficient (Wildman–Crippen LogP) is 4.09. The van der Waals surface area contributed by atoms with Gasteiger partial charge in [0.15, 0.2) is 0 Å². The number of anilines is 1. The van der Waals surface area contributed by atoms with Gasteiger partial charge in [-0.25, -0.2) is 4.98 Å². The fourth-order valence-electron chi connectivity index (χ4n) is 3.80. The van der Waals surface area contributed by atoms with Gasteiger partial charge >= 0.3 is 0 Å². The summed E-state index contributed by atoms with van der Waals surface area (Å²) >= 11 is 0. The van der Waals surface area contributed by atoms with Gasteiger partial charge in [0.2, 0.25) is 0 Å². The van der Waals surface area contributed by atoms with Crippen LogP contribution in [0.25, 0.3) is 10.9 Å². The Morgan fingerprint density at radius 3 is 2.46 bits per heavy atom. The van der Waals surface area contributed by atoms with Crippen LogP contribution in [-0.2, 0) is 6.61 Å². The maximum Gasteiger partial charge on any atom is 0.134 e. The Morgan fingerprint density at radius 2 is 1.79 bits per heavy atom. The fraction of sp³-hybridized carbons (Fsp3) is 0.348. The van der Waals surface area contributed by atoms with Crippen LogP contribution in [0.3, 0.4) is 0 Å². The van der Waals surface area contributed by atoms with Crippen LogP contribution < -0.4 is 14.4 Å². The first-order chi connectivity index (χ1) is 13.7. The number of hydrogen-bond donors (Lipinski definition) is 1. The highest BCUT2D eigenvalue weighted by Gasteiger charge is 2.23. The van der Waals surface area contributed by atoms with E-state index in [1.54, 1.807) is 7.11 Å².